The summed E-state index contributed by atoms with van der Waals surface area (Å²) in [6.07, 6.45) is 3.36. The predicted molar refractivity (Wildman–Crippen MR) is 98.8 cm³/mol. The Kier molecular flexibility index (Phi) is 5.70. The first-order chi connectivity index (χ1) is 12.5. The number of hydrogen-bond donors (Lipinski definition) is 3. The molecule has 2 heterocycles. The lowest BCUT2D eigenvalue weighted by molar-refractivity contribution is -0.151. The maximum Gasteiger partial charge on any atom is 0.246 e. The van der Waals surface area contributed by atoms with Crippen LogP contribution >= 0.6 is 11.8 Å². The number of carbonyl (C=O) groups is 3. The predicted octanol–water partition coefficient (Wildman–Crippen LogP) is 0.272. The van der Waals surface area contributed by atoms with Crippen LogP contribution in [0.1, 0.15) is 18.4 Å². The Morgan fingerprint density at radius 3 is 2.77 bits per heavy atom. The van der Waals surface area contributed by atoms with Gasteiger partial charge in [0.2, 0.25) is 17.7 Å². The van der Waals surface area contributed by atoms with Crippen molar-refractivity contribution in [2.45, 2.75) is 37.4 Å². The molecule has 7 nitrogen and oxygen atoms in total. The second-order valence-electron chi connectivity index (χ2n) is 6.70. The van der Waals surface area contributed by atoms with Gasteiger partial charge in [0.1, 0.15) is 17.8 Å². The molecular weight excluding hydrogens is 354 g/mol. The highest BCUT2D eigenvalue weighted by Gasteiger charge is 2.43. The van der Waals surface area contributed by atoms with E-state index in [0.29, 0.717) is 31.6 Å². The first-order valence-electron chi connectivity index (χ1n) is 8.65. The van der Waals surface area contributed by atoms with Gasteiger partial charge in [-0.2, -0.15) is 11.8 Å². The Morgan fingerprint density at radius 1 is 1.35 bits per heavy atom. The van der Waals surface area contributed by atoms with Gasteiger partial charge in [-0.3, -0.25) is 14.4 Å². The van der Waals surface area contributed by atoms with Gasteiger partial charge in [-0.1, -0.05) is 12.1 Å². The first-order valence-corrected chi connectivity index (χ1v) is 10.0. The molecule has 1 aromatic rings. The van der Waals surface area contributed by atoms with Crippen LogP contribution in [0.25, 0.3) is 0 Å². The Labute approximate surface area is 156 Å². The summed E-state index contributed by atoms with van der Waals surface area (Å²) in [5.74, 6) is 0.265. The average molecular weight is 377 g/mol. The van der Waals surface area contributed by atoms with Crippen molar-refractivity contribution in [3.05, 3.63) is 29.8 Å². The molecule has 0 aliphatic carbocycles. The van der Waals surface area contributed by atoms with Crippen LogP contribution in [-0.2, 0) is 20.8 Å². The molecule has 0 aromatic heterocycles. The molecule has 0 radical (unpaired) electrons. The minimum Gasteiger partial charge on any atom is -0.508 e. The molecule has 3 atom stereocenters. The molecule has 2 aliphatic heterocycles. The summed E-state index contributed by atoms with van der Waals surface area (Å²) >= 11 is 1.45. The summed E-state index contributed by atoms with van der Waals surface area (Å²) in [5.41, 5.74) is 0.874. The Morgan fingerprint density at radius 2 is 2.08 bits per heavy atom. The number of fused-ring (bicyclic) bond motifs is 1. The van der Waals surface area contributed by atoms with Crippen LogP contribution in [0, 0.1) is 0 Å². The summed E-state index contributed by atoms with van der Waals surface area (Å²) < 4.78 is 0. The smallest absolute Gasteiger partial charge is 0.246 e. The number of nitrogens with zero attached hydrogens (tertiary/aromatic N) is 1. The van der Waals surface area contributed by atoms with Gasteiger partial charge in [0.25, 0.3) is 0 Å². The topological polar surface area (TPSA) is 98.7 Å². The molecule has 2 fully saturated rings. The zero-order chi connectivity index (χ0) is 18.7. The highest BCUT2D eigenvalue weighted by molar-refractivity contribution is 7.99. The van der Waals surface area contributed by atoms with Gasteiger partial charge in [0.05, 0.1) is 5.75 Å². The van der Waals surface area contributed by atoms with Crippen LogP contribution in [0.3, 0.4) is 0 Å². The number of carbonyl (C=O) groups excluding carboxylic acids is 3. The summed E-state index contributed by atoms with van der Waals surface area (Å²) in [6, 6.07) is 5.43. The molecule has 26 heavy (non-hydrogen) atoms. The third kappa shape index (κ3) is 4.12. The van der Waals surface area contributed by atoms with Crippen LogP contribution in [0.5, 0.6) is 5.75 Å². The number of thioether (sulfide) groups is 1. The molecule has 0 unspecified atom stereocenters. The maximum absolute atomic E-state index is 12.8. The fourth-order valence-electron chi connectivity index (χ4n) is 3.55. The molecule has 3 rings (SSSR count). The van der Waals surface area contributed by atoms with Crippen molar-refractivity contribution in [3.8, 4) is 5.75 Å². The second kappa shape index (κ2) is 7.99. The van der Waals surface area contributed by atoms with Gasteiger partial charge >= 0.3 is 0 Å². The van der Waals surface area contributed by atoms with E-state index in [1.165, 1.54) is 11.8 Å². The van der Waals surface area contributed by atoms with Crippen molar-refractivity contribution in [2.75, 3.05) is 18.6 Å². The van der Waals surface area contributed by atoms with Gasteiger partial charge in [-0.25, -0.2) is 0 Å². The Hall–Kier alpha value is -2.22. The molecule has 3 N–H and O–H groups in total. The molecule has 8 heteroatoms. The maximum atomic E-state index is 12.8. The lowest BCUT2D eigenvalue weighted by Gasteiger charge is -2.44. The van der Waals surface area contributed by atoms with Crippen molar-refractivity contribution < 1.29 is 19.5 Å². The molecule has 0 bridgehead atoms. The molecule has 0 saturated carbocycles. The SMILES string of the molecule is CSCC(=O)N[C@@H]1CCN2C(=O)[C@@H](Cc3ccc(O)cc3)NC(=O)[C@@H]2C1. The van der Waals surface area contributed by atoms with E-state index in [9.17, 15) is 19.5 Å². The van der Waals surface area contributed by atoms with Crippen molar-refractivity contribution in [2.24, 2.45) is 0 Å². The number of rotatable bonds is 5. The number of aromatic hydroxyl groups is 1. The van der Waals surface area contributed by atoms with Crippen LogP contribution in [0.4, 0.5) is 0 Å². The van der Waals surface area contributed by atoms with E-state index in [4.69, 9.17) is 0 Å². The highest BCUT2D eigenvalue weighted by Crippen LogP contribution is 2.24. The summed E-state index contributed by atoms with van der Waals surface area (Å²) in [4.78, 5) is 38.7. The van der Waals surface area contributed by atoms with Crippen LogP contribution in [0.15, 0.2) is 24.3 Å². The number of phenolic OH excluding ortho intramolecular Hbond substituents is 1. The lowest BCUT2D eigenvalue weighted by atomic mass is 9.91. The van der Waals surface area contributed by atoms with Gasteiger partial charge in [0.15, 0.2) is 0 Å². The van der Waals surface area contributed by atoms with E-state index >= 15 is 0 Å². The number of hydrogen-bond acceptors (Lipinski definition) is 5. The van der Waals surface area contributed by atoms with Crippen molar-refractivity contribution in [3.63, 3.8) is 0 Å². The van der Waals surface area contributed by atoms with Crippen LogP contribution < -0.4 is 10.6 Å². The molecule has 140 valence electrons. The first kappa shape index (κ1) is 18.6. The third-order valence-electron chi connectivity index (χ3n) is 4.82. The minimum absolute atomic E-state index is 0.0382. The van der Waals surface area contributed by atoms with Crippen molar-refractivity contribution in [1.29, 1.82) is 0 Å². The largest absolute Gasteiger partial charge is 0.508 e. The molecular formula is C18H23N3O4S. The summed E-state index contributed by atoms with van der Waals surface area (Å²) in [6.45, 7) is 0.465. The van der Waals surface area contributed by atoms with E-state index in [-0.39, 0.29) is 29.5 Å². The zero-order valence-electron chi connectivity index (χ0n) is 14.6. The summed E-state index contributed by atoms with van der Waals surface area (Å²) in [7, 11) is 0. The number of phenols is 1. The number of piperazine rings is 1. The van der Waals surface area contributed by atoms with Gasteiger partial charge in [0, 0.05) is 19.0 Å². The third-order valence-corrected chi connectivity index (χ3v) is 5.37. The van der Waals surface area contributed by atoms with E-state index in [0.717, 1.165) is 5.56 Å². The minimum atomic E-state index is -0.592. The summed E-state index contributed by atoms with van der Waals surface area (Å²) in [5, 5.41) is 15.1. The number of amides is 3. The van der Waals surface area contributed by atoms with Crippen LogP contribution in [-0.4, -0.2) is 64.4 Å². The van der Waals surface area contributed by atoms with Gasteiger partial charge < -0.3 is 20.6 Å². The van der Waals surface area contributed by atoms with E-state index in [2.05, 4.69) is 10.6 Å². The molecule has 2 aliphatic rings. The fourth-order valence-corrected chi connectivity index (χ4v) is 3.89. The normalized spacial score (nSPS) is 25.4. The monoisotopic (exact) mass is 377 g/mol. The molecule has 3 amide bonds. The average Bonchev–Trinajstić information content (AvgIpc) is 2.61. The number of nitrogens with one attached hydrogen (secondary N) is 2. The highest BCUT2D eigenvalue weighted by atomic mass is 32.2. The molecule has 0 spiro atoms. The lowest BCUT2D eigenvalue weighted by Crippen LogP contribution is -2.67. The zero-order valence-corrected chi connectivity index (χ0v) is 15.4. The standard InChI is InChI=1S/C18H23N3O4S/c1-26-10-16(23)19-12-6-7-21-15(9-12)17(24)20-14(18(21)25)8-11-2-4-13(22)5-3-11/h2-5,12,14-15,22H,6-10H2,1H3,(H,19,23)(H,20,24)/t12-,14-,15+/m1/s1. The molecule has 2 saturated heterocycles. The second-order valence-corrected chi connectivity index (χ2v) is 7.57. The fraction of sp³-hybridized carbons (Fsp3) is 0.500. The van der Waals surface area contributed by atoms with E-state index < -0.39 is 12.1 Å². The number of piperidine rings is 1. The quantitative estimate of drug-likeness (QED) is 0.684. The van der Waals surface area contributed by atoms with Gasteiger partial charge in [-0.15, -0.1) is 0 Å². The van der Waals surface area contributed by atoms with Crippen LogP contribution in [0.2, 0.25) is 0 Å². The Balaban J connectivity index is 1.63. The number of benzene rings is 1. The van der Waals surface area contributed by atoms with E-state index in [1.807, 2.05) is 6.26 Å². The molecule has 1 aromatic carbocycles. The van der Waals surface area contributed by atoms with Gasteiger partial charge in [-0.05, 0) is 36.8 Å². The Bertz CT molecular complexity index is 694. The van der Waals surface area contributed by atoms with E-state index in [1.54, 1.807) is 29.2 Å². The van der Waals surface area contributed by atoms with Crippen molar-refractivity contribution >= 4 is 29.5 Å². The van der Waals surface area contributed by atoms with Crippen molar-refractivity contribution in [1.82, 2.24) is 15.5 Å².